The summed E-state index contributed by atoms with van der Waals surface area (Å²) in [5.41, 5.74) is 6.08. The number of carbonyl (C=O) groups excluding carboxylic acids is 2. The van der Waals surface area contributed by atoms with E-state index in [9.17, 15) is 9.59 Å². The third kappa shape index (κ3) is 4.63. The number of nitrogens with one attached hydrogen (secondary N) is 1. The Hall–Kier alpha value is -2.36. The molecular weight excluding hydrogens is 440 g/mol. The SMILES string of the molecule is CC(C)(C)OC(=O)N1CC[C@@H](Nc2c(C(N)=O)cnn3cc(Br)nc23)C(C)(C)C1. The van der Waals surface area contributed by atoms with Gasteiger partial charge in [0, 0.05) is 24.5 Å². The third-order valence-corrected chi connectivity index (χ3v) is 5.31. The molecule has 0 bridgehead atoms. The normalized spacial score (nSPS) is 19.2. The van der Waals surface area contributed by atoms with Crippen LogP contribution in [0.3, 0.4) is 0 Å². The van der Waals surface area contributed by atoms with Crippen LogP contribution in [0.4, 0.5) is 10.5 Å². The van der Waals surface area contributed by atoms with Crippen LogP contribution in [-0.2, 0) is 4.74 Å². The molecule has 0 radical (unpaired) electrons. The van der Waals surface area contributed by atoms with Crippen molar-refractivity contribution in [3.05, 3.63) is 22.6 Å². The minimum atomic E-state index is -0.578. The number of likely N-dealkylation sites (tertiary alicyclic amines) is 1. The Balaban J connectivity index is 1.85. The highest BCUT2D eigenvalue weighted by Gasteiger charge is 2.39. The number of carbonyl (C=O) groups is 2. The maximum atomic E-state index is 12.5. The molecule has 3 N–H and O–H groups in total. The van der Waals surface area contributed by atoms with Crippen LogP contribution in [0.1, 0.15) is 51.4 Å². The molecule has 0 saturated carbocycles. The Kier molecular flexibility index (Phi) is 5.50. The number of imidazole rings is 1. The summed E-state index contributed by atoms with van der Waals surface area (Å²) >= 11 is 3.34. The van der Waals surface area contributed by atoms with Gasteiger partial charge in [-0.3, -0.25) is 4.79 Å². The highest BCUT2D eigenvalue weighted by molar-refractivity contribution is 9.10. The lowest BCUT2D eigenvalue weighted by Gasteiger charge is -2.45. The Labute approximate surface area is 178 Å². The van der Waals surface area contributed by atoms with Crippen LogP contribution in [0.25, 0.3) is 5.65 Å². The number of halogens is 1. The Morgan fingerprint density at radius 1 is 1.38 bits per heavy atom. The van der Waals surface area contributed by atoms with Gasteiger partial charge >= 0.3 is 6.09 Å². The van der Waals surface area contributed by atoms with E-state index in [4.69, 9.17) is 10.5 Å². The predicted molar refractivity (Wildman–Crippen MR) is 113 cm³/mol. The van der Waals surface area contributed by atoms with Gasteiger partial charge in [-0.15, -0.1) is 0 Å². The van der Waals surface area contributed by atoms with Crippen LogP contribution in [0.2, 0.25) is 0 Å². The number of aromatic nitrogens is 3. The molecule has 0 aromatic carbocycles. The lowest BCUT2D eigenvalue weighted by Crippen LogP contribution is -2.54. The Morgan fingerprint density at radius 3 is 2.66 bits per heavy atom. The third-order valence-electron chi connectivity index (χ3n) is 4.93. The minimum Gasteiger partial charge on any atom is -0.444 e. The van der Waals surface area contributed by atoms with Gasteiger partial charge < -0.3 is 20.7 Å². The number of fused-ring (bicyclic) bond motifs is 1. The van der Waals surface area contributed by atoms with Crippen LogP contribution >= 0.6 is 15.9 Å². The van der Waals surface area contributed by atoms with E-state index >= 15 is 0 Å². The Morgan fingerprint density at radius 2 is 2.07 bits per heavy atom. The number of piperidine rings is 1. The summed E-state index contributed by atoms with van der Waals surface area (Å²) in [5.74, 6) is -0.578. The molecule has 3 rings (SSSR count). The lowest BCUT2D eigenvalue weighted by molar-refractivity contribution is 0.00691. The second kappa shape index (κ2) is 7.47. The first-order valence-corrected chi connectivity index (χ1v) is 10.2. The average Bonchev–Trinajstić information content (AvgIpc) is 2.95. The molecule has 29 heavy (non-hydrogen) atoms. The van der Waals surface area contributed by atoms with Crippen LogP contribution in [0.5, 0.6) is 0 Å². The quantitative estimate of drug-likeness (QED) is 0.717. The number of hydrogen-bond donors (Lipinski definition) is 2. The summed E-state index contributed by atoms with van der Waals surface area (Å²) in [6.45, 7) is 10.8. The number of anilines is 1. The van der Waals surface area contributed by atoms with Crippen LogP contribution in [0.15, 0.2) is 17.0 Å². The lowest BCUT2D eigenvalue weighted by atomic mass is 9.79. The molecule has 0 aliphatic carbocycles. The summed E-state index contributed by atoms with van der Waals surface area (Å²) in [4.78, 5) is 30.6. The molecule has 1 aliphatic rings. The molecule has 3 heterocycles. The maximum Gasteiger partial charge on any atom is 0.410 e. The molecule has 2 aromatic heterocycles. The van der Waals surface area contributed by atoms with Gasteiger partial charge in [-0.25, -0.2) is 14.3 Å². The van der Waals surface area contributed by atoms with E-state index < -0.39 is 11.5 Å². The molecule has 1 saturated heterocycles. The molecule has 1 aliphatic heterocycles. The highest BCUT2D eigenvalue weighted by atomic mass is 79.9. The fourth-order valence-corrected chi connectivity index (χ4v) is 3.88. The molecule has 10 heteroatoms. The van der Waals surface area contributed by atoms with Gasteiger partial charge in [-0.2, -0.15) is 5.10 Å². The van der Waals surface area contributed by atoms with Crippen molar-refractivity contribution in [1.29, 1.82) is 0 Å². The van der Waals surface area contributed by atoms with E-state index in [0.717, 1.165) is 0 Å². The molecule has 2 aromatic rings. The monoisotopic (exact) mass is 466 g/mol. The van der Waals surface area contributed by atoms with Crippen LogP contribution < -0.4 is 11.1 Å². The van der Waals surface area contributed by atoms with Gasteiger partial charge in [0.1, 0.15) is 10.2 Å². The second-order valence-electron chi connectivity index (χ2n) is 9.01. The first-order valence-electron chi connectivity index (χ1n) is 9.45. The summed E-state index contributed by atoms with van der Waals surface area (Å²) in [7, 11) is 0. The zero-order valence-corrected chi connectivity index (χ0v) is 18.9. The van der Waals surface area contributed by atoms with Crippen LogP contribution in [-0.4, -0.2) is 56.2 Å². The van der Waals surface area contributed by atoms with E-state index in [2.05, 4.69) is 45.2 Å². The number of amides is 2. The molecule has 158 valence electrons. The zero-order valence-electron chi connectivity index (χ0n) is 17.3. The fourth-order valence-electron chi connectivity index (χ4n) is 3.52. The molecule has 1 fully saturated rings. The van der Waals surface area contributed by atoms with Gasteiger partial charge in [0.15, 0.2) is 5.65 Å². The predicted octanol–water partition coefficient (Wildman–Crippen LogP) is 3.04. The molecule has 9 nitrogen and oxygen atoms in total. The molecule has 1 atom stereocenters. The average molecular weight is 467 g/mol. The standard InChI is InChI=1S/C19H27BrN6O3/c1-18(2,3)29-17(28)25-7-6-12(19(4,5)10-25)23-14-11(15(21)27)8-22-26-9-13(20)24-16(14)26/h8-9,12,23H,6-7,10H2,1-5H3,(H2,21,27)/t12-/m1/s1. The summed E-state index contributed by atoms with van der Waals surface area (Å²) in [6, 6.07) is -0.0130. The number of primary amides is 1. The number of nitrogens with zero attached hydrogens (tertiary/aromatic N) is 4. The molecular formula is C19H27BrN6O3. The van der Waals surface area contributed by atoms with Crippen molar-refractivity contribution in [3.8, 4) is 0 Å². The summed E-state index contributed by atoms with van der Waals surface area (Å²) in [6.07, 6.45) is 3.52. The number of hydrogen-bond acceptors (Lipinski definition) is 6. The van der Waals surface area contributed by atoms with Crippen molar-refractivity contribution in [2.75, 3.05) is 18.4 Å². The van der Waals surface area contributed by atoms with Crippen molar-refractivity contribution in [1.82, 2.24) is 19.5 Å². The summed E-state index contributed by atoms with van der Waals surface area (Å²) in [5, 5.41) is 7.66. The highest BCUT2D eigenvalue weighted by Crippen LogP contribution is 2.34. The number of rotatable bonds is 3. The van der Waals surface area contributed by atoms with Gasteiger partial charge in [-0.1, -0.05) is 13.8 Å². The van der Waals surface area contributed by atoms with Gasteiger partial charge in [-0.05, 0) is 43.1 Å². The first kappa shape index (κ1) is 21.4. The fraction of sp³-hybridized carbons (Fsp3) is 0.579. The Bertz CT molecular complexity index is 949. The molecule has 0 spiro atoms. The minimum absolute atomic E-state index is 0.0130. The number of ether oxygens (including phenoxy) is 1. The van der Waals surface area contributed by atoms with Gasteiger partial charge in [0.2, 0.25) is 0 Å². The van der Waals surface area contributed by atoms with E-state index in [1.165, 1.54) is 6.20 Å². The van der Waals surface area contributed by atoms with Gasteiger partial charge in [0.05, 0.1) is 23.6 Å². The van der Waals surface area contributed by atoms with Gasteiger partial charge in [0.25, 0.3) is 5.91 Å². The van der Waals surface area contributed by atoms with Crippen molar-refractivity contribution < 1.29 is 14.3 Å². The second-order valence-corrected chi connectivity index (χ2v) is 9.82. The van der Waals surface area contributed by atoms with Crippen molar-refractivity contribution >= 4 is 39.3 Å². The van der Waals surface area contributed by atoms with Crippen molar-refractivity contribution in [3.63, 3.8) is 0 Å². The van der Waals surface area contributed by atoms with Crippen LogP contribution in [0, 0.1) is 5.41 Å². The van der Waals surface area contributed by atoms with Crippen molar-refractivity contribution in [2.45, 2.75) is 52.7 Å². The van der Waals surface area contributed by atoms with E-state index in [1.807, 2.05) is 20.8 Å². The molecule has 0 unspecified atom stereocenters. The number of nitrogens with two attached hydrogens (primary N) is 1. The largest absolute Gasteiger partial charge is 0.444 e. The smallest absolute Gasteiger partial charge is 0.410 e. The maximum absolute atomic E-state index is 12.5. The van der Waals surface area contributed by atoms with E-state index in [1.54, 1.807) is 15.6 Å². The van der Waals surface area contributed by atoms with Crippen molar-refractivity contribution in [2.24, 2.45) is 11.1 Å². The molecule has 2 amide bonds. The first-order chi connectivity index (χ1) is 13.4. The zero-order chi connectivity index (χ0) is 21.6. The van der Waals surface area contributed by atoms with E-state index in [-0.39, 0.29) is 23.1 Å². The topological polar surface area (TPSA) is 115 Å². The van der Waals surface area contributed by atoms with E-state index in [0.29, 0.717) is 35.4 Å². The summed E-state index contributed by atoms with van der Waals surface area (Å²) < 4.78 is 7.70.